The molecule has 2 heterocycles. The van der Waals surface area contributed by atoms with E-state index < -0.39 is 16.8 Å². The van der Waals surface area contributed by atoms with Crippen molar-refractivity contribution in [3.63, 3.8) is 0 Å². The summed E-state index contributed by atoms with van der Waals surface area (Å²) in [6.07, 6.45) is 3.20. The Labute approximate surface area is 178 Å². The van der Waals surface area contributed by atoms with Crippen LogP contribution in [0.1, 0.15) is 29.7 Å². The molecule has 1 aromatic heterocycles. The molecule has 0 aliphatic carbocycles. The molecule has 0 fully saturated rings. The lowest BCUT2D eigenvalue weighted by molar-refractivity contribution is -0.384. The summed E-state index contributed by atoms with van der Waals surface area (Å²) in [5.41, 5.74) is 3.54. The molecule has 0 spiro atoms. The maximum atomic E-state index is 12.8. The van der Waals surface area contributed by atoms with Crippen molar-refractivity contribution in [3.8, 4) is 0 Å². The standard InChI is InChI=1S/C24H20N2O5/c1-2-30-24(27)19-15-25-23(20-9-6-14-31-20)22(16-7-4-3-5-8-16)21(19)17-10-12-18(13-11-17)26(28)29/h3-15,21,25H,2H2,1H3. The lowest BCUT2D eigenvalue weighted by Crippen LogP contribution is -2.25. The van der Waals surface area contributed by atoms with Crippen molar-refractivity contribution in [3.05, 3.63) is 112 Å². The average Bonchev–Trinajstić information content (AvgIpc) is 3.34. The van der Waals surface area contributed by atoms with Crippen LogP contribution in [0, 0.1) is 10.1 Å². The van der Waals surface area contributed by atoms with Gasteiger partial charge in [-0.05, 0) is 35.8 Å². The van der Waals surface area contributed by atoms with Crippen LogP contribution in [-0.4, -0.2) is 17.5 Å². The Morgan fingerprint density at radius 3 is 2.45 bits per heavy atom. The number of ether oxygens (including phenoxy) is 1. The van der Waals surface area contributed by atoms with Crippen LogP contribution in [0.15, 0.2) is 89.2 Å². The second-order valence-corrected chi connectivity index (χ2v) is 6.88. The third-order valence-electron chi connectivity index (χ3n) is 5.04. The highest BCUT2D eigenvalue weighted by Gasteiger charge is 2.34. The predicted molar refractivity (Wildman–Crippen MR) is 116 cm³/mol. The molecule has 31 heavy (non-hydrogen) atoms. The fourth-order valence-corrected chi connectivity index (χ4v) is 3.69. The number of hydrogen-bond donors (Lipinski definition) is 1. The first-order chi connectivity index (χ1) is 15.1. The number of benzene rings is 2. The van der Waals surface area contributed by atoms with Crippen molar-refractivity contribution in [2.75, 3.05) is 6.61 Å². The van der Waals surface area contributed by atoms with E-state index in [1.165, 1.54) is 12.1 Å². The minimum atomic E-state index is -0.511. The maximum Gasteiger partial charge on any atom is 0.336 e. The highest BCUT2D eigenvalue weighted by Crippen LogP contribution is 2.44. The number of rotatable bonds is 6. The van der Waals surface area contributed by atoms with Crippen LogP contribution in [0.3, 0.4) is 0 Å². The lowest BCUT2D eigenvalue weighted by Gasteiger charge is -2.29. The molecule has 3 aromatic rings. The molecule has 7 heteroatoms. The number of nitrogens with one attached hydrogen (secondary N) is 1. The quantitative estimate of drug-likeness (QED) is 0.349. The molecule has 1 aliphatic heterocycles. The van der Waals surface area contributed by atoms with Gasteiger partial charge < -0.3 is 14.5 Å². The number of carbonyl (C=O) groups is 1. The zero-order valence-electron chi connectivity index (χ0n) is 16.8. The van der Waals surface area contributed by atoms with Crippen LogP contribution in [-0.2, 0) is 9.53 Å². The number of nitrogens with zero attached hydrogens (tertiary/aromatic N) is 1. The van der Waals surface area contributed by atoms with Crippen molar-refractivity contribution in [2.45, 2.75) is 12.8 Å². The number of esters is 1. The molecule has 2 aromatic carbocycles. The van der Waals surface area contributed by atoms with E-state index in [0.717, 1.165) is 16.7 Å². The number of hydrogen-bond acceptors (Lipinski definition) is 6. The number of carbonyl (C=O) groups excluding carboxylic acids is 1. The van der Waals surface area contributed by atoms with Crippen molar-refractivity contribution < 1.29 is 18.9 Å². The molecule has 1 N–H and O–H groups in total. The van der Waals surface area contributed by atoms with Gasteiger partial charge in [-0.15, -0.1) is 0 Å². The van der Waals surface area contributed by atoms with E-state index in [-0.39, 0.29) is 12.3 Å². The first kappa shape index (κ1) is 20.2. The summed E-state index contributed by atoms with van der Waals surface area (Å²) in [6, 6.07) is 19.5. The highest BCUT2D eigenvalue weighted by molar-refractivity contribution is 6.03. The number of furan rings is 1. The summed E-state index contributed by atoms with van der Waals surface area (Å²) in [7, 11) is 0. The summed E-state index contributed by atoms with van der Waals surface area (Å²) >= 11 is 0. The van der Waals surface area contributed by atoms with Crippen LogP contribution in [0.25, 0.3) is 11.3 Å². The van der Waals surface area contributed by atoms with Gasteiger partial charge in [-0.3, -0.25) is 10.1 Å². The zero-order chi connectivity index (χ0) is 21.8. The van der Waals surface area contributed by atoms with Gasteiger partial charge in [0.25, 0.3) is 5.69 Å². The van der Waals surface area contributed by atoms with Gasteiger partial charge >= 0.3 is 5.97 Å². The van der Waals surface area contributed by atoms with Gasteiger partial charge in [0.1, 0.15) is 5.76 Å². The van der Waals surface area contributed by atoms with Crippen LogP contribution in [0.5, 0.6) is 0 Å². The second-order valence-electron chi connectivity index (χ2n) is 6.88. The first-order valence-corrected chi connectivity index (χ1v) is 9.81. The smallest absolute Gasteiger partial charge is 0.336 e. The molecule has 1 aliphatic rings. The van der Waals surface area contributed by atoms with Gasteiger partial charge in [-0.2, -0.15) is 0 Å². The van der Waals surface area contributed by atoms with E-state index in [0.29, 0.717) is 17.0 Å². The number of allylic oxidation sites excluding steroid dienone is 1. The largest absolute Gasteiger partial charge is 0.463 e. The van der Waals surface area contributed by atoms with E-state index in [2.05, 4.69) is 5.32 Å². The Morgan fingerprint density at radius 2 is 1.84 bits per heavy atom. The fraction of sp³-hybridized carbons (Fsp3) is 0.125. The van der Waals surface area contributed by atoms with E-state index in [1.54, 1.807) is 37.6 Å². The Hall–Kier alpha value is -4.13. The molecular weight excluding hydrogens is 396 g/mol. The SMILES string of the molecule is CCOC(=O)C1=CNC(c2ccco2)=C(c2ccccc2)C1c1ccc([N+](=O)[O-])cc1. The predicted octanol–water partition coefficient (Wildman–Crippen LogP) is 4.89. The molecule has 0 amide bonds. The van der Waals surface area contributed by atoms with E-state index in [1.807, 2.05) is 36.4 Å². The Balaban J connectivity index is 1.93. The van der Waals surface area contributed by atoms with Crippen LogP contribution in [0.2, 0.25) is 0 Å². The normalized spacial score (nSPS) is 15.8. The monoisotopic (exact) mass is 416 g/mol. The third kappa shape index (κ3) is 3.98. The summed E-state index contributed by atoms with van der Waals surface area (Å²) in [6.45, 7) is 1.98. The summed E-state index contributed by atoms with van der Waals surface area (Å²) in [5, 5.41) is 14.3. The van der Waals surface area contributed by atoms with E-state index in [4.69, 9.17) is 9.15 Å². The van der Waals surface area contributed by atoms with Crippen molar-refractivity contribution in [2.24, 2.45) is 0 Å². The molecule has 1 unspecified atom stereocenters. The van der Waals surface area contributed by atoms with E-state index >= 15 is 0 Å². The van der Waals surface area contributed by atoms with Crippen LogP contribution in [0.4, 0.5) is 5.69 Å². The Bertz CT molecular complexity index is 1150. The minimum absolute atomic E-state index is 0.0177. The molecule has 0 saturated carbocycles. The van der Waals surface area contributed by atoms with Gasteiger partial charge in [-0.25, -0.2) is 4.79 Å². The molecule has 0 radical (unpaired) electrons. The number of non-ortho nitro benzene ring substituents is 1. The second kappa shape index (κ2) is 8.71. The summed E-state index contributed by atoms with van der Waals surface area (Å²) < 4.78 is 11.0. The Kier molecular flexibility index (Phi) is 5.66. The molecule has 7 nitrogen and oxygen atoms in total. The van der Waals surface area contributed by atoms with Gasteiger partial charge in [0.05, 0.1) is 29.1 Å². The molecular formula is C24H20N2O5. The topological polar surface area (TPSA) is 94.6 Å². The summed E-state index contributed by atoms with van der Waals surface area (Å²) in [5.74, 6) is -0.348. The molecule has 0 bridgehead atoms. The minimum Gasteiger partial charge on any atom is -0.463 e. The molecule has 156 valence electrons. The van der Waals surface area contributed by atoms with Crippen molar-refractivity contribution >= 4 is 22.9 Å². The number of nitro groups is 1. The Morgan fingerprint density at radius 1 is 1.10 bits per heavy atom. The lowest BCUT2D eigenvalue weighted by atomic mass is 9.78. The molecule has 1 atom stereocenters. The fourth-order valence-electron chi connectivity index (χ4n) is 3.69. The van der Waals surface area contributed by atoms with Gasteiger partial charge in [0.2, 0.25) is 0 Å². The van der Waals surface area contributed by atoms with Crippen molar-refractivity contribution in [1.82, 2.24) is 5.32 Å². The van der Waals surface area contributed by atoms with Gasteiger partial charge in [0, 0.05) is 24.3 Å². The van der Waals surface area contributed by atoms with Gasteiger partial charge in [-0.1, -0.05) is 42.5 Å². The van der Waals surface area contributed by atoms with Crippen LogP contribution < -0.4 is 5.32 Å². The third-order valence-corrected chi connectivity index (χ3v) is 5.04. The first-order valence-electron chi connectivity index (χ1n) is 9.81. The van der Waals surface area contributed by atoms with Crippen molar-refractivity contribution in [1.29, 1.82) is 0 Å². The molecule has 4 rings (SSSR count). The number of nitro benzene ring substituents is 1. The summed E-state index contributed by atoms with van der Waals surface area (Å²) in [4.78, 5) is 23.5. The van der Waals surface area contributed by atoms with Crippen LogP contribution >= 0.6 is 0 Å². The molecule has 0 saturated heterocycles. The maximum absolute atomic E-state index is 12.8. The number of dihydropyridines is 1. The van der Waals surface area contributed by atoms with E-state index in [9.17, 15) is 14.9 Å². The highest BCUT2D eigenvalue weighted by atomic mass is 16.6. The van der Waals surface area contributed by atoms with Gasteiger partial charge in [0.15, 0.2) is 0 Å². The average molecular weight is 416 g/mol. The zero-order valence-corrected chi connectivity index (χ0v) is 16.8.